The highest BCUT2D eigenvalue weighted by Crippen LogP contribution is 2.08. The van der Waals surface area contributed by atoms with Gasteiger partial charge in [-0.3, -0.25) is 4.79 Å². The Balaban J connectivity index is 1.74. The van der Waals surface area contributed by atoms with Crippen molar-refractivity contribution in [1.29, 1.82) is 5.26 Å². The number of rotatable bonds is 8. The van der Waals surface area contributed by atoms with Crippen molar-refractivity contribution < 1.29 is 13.2 Å². The summed E-state index contributed by atoms with van der Waals surface area (Å²) in [6.07, 6.45) is 1.15. The van der Waals surface area contributed by atoms with Gasteiger partial charge in [-0.1, -0.05) is 30.3 Å². The van der Waals surface area contributed by atoms with Gasteiger partial charge in [-0.2, -0.15) is 5.26 Å². The molecule has 6 nitrogen and oxygen atoms in total. The van der Waals surface area contributed by atoms with Gasteiger partial charge < -0.3 is 5.32 Å². The lowest BCUT2D eigenvalue weighted by atomic mass is 10.1. The Hall–Kier alpha value is -2.69. The molecular formula is C18H19N3O3S. The van der Waals surface area contributed by atoms with Crippen molar-refractivity contribution in [2.45, 2.75) is 12.8 Å². The number of carbonyl (C=O) groups is 1. The van der Waals surface area contributed by atoms with E-state index in [-0.39, 0.29) is 12.3 Å². The average molecular weight is 357 g/mol. The third-order valence-electron chi connectivity index (χ3n) is 3.47. The van der Waals surface area contributed by atoms with Crippen LogP contribution < -0.4 is 10.0 Å². The molecule has 0 aliphatic carbocycles. The molecule has 1 amide bonds. The van der Waals surface area contributed by atoms with Crippen LogP contribution in [0.1, 0.15) is 17.5 Å². The van der Waals surface area contributed by atoms with Gasteiger partial charge in [0.1, 0.15) is 0 Å². The first-order valence-corrected chi connectivity index (χ1v) is 9.45. The largest absolute Gasteiger partial charge is 0.325 e. The molecule has 0 aliphatic rings. The fraction of sp³-hybridized carbons (Fsp3) is 0.222. The number of hydrogen-bond donors (Lipinski definition) is 2. The number of anilines is 1. The van der Waals surface area contributed by atoms with Crippen LogP contribution in [0, 0.1) is 11.3 Å². The van der Waals surface area contributed by atoms with E-state index >= 15 is 0 Å². The molecule has 0 aromatic heterocycles. The molecule has 0 saturated carbocycles. The molecule has 130 valence electrons. The van der Waals surface area contributed by atoms with Gasteiger partial charge in [-0.25, -0.2) is 13.1 Å². The molecule has 0 saturated heterocycles. The van der Waals surface area contributed by atoms with Gasteiger partial charge in [-0.05, 0) is 42.7 Å². The van der Waals surface area contributed by atoms with Crippen molar-refractivity contribution in [2.24, 2.45) is 0 Å². The Morgan fingerprint density at radius 1 is 1.04 bits per heavy atom. The van der Waals surface area contributed by atoms with Crippen LogP contribution in [-0.4, -0.2) is 26.6 Å². The second kappa shape index (κ2) is 8.97. The summed E-state index contributed by atoms with van der Waals surface area (Å²) >= 11 is 0. The number of nitrogens with one attached hydrogen (secondary N) is 2. The van der Waals surface area contributed by atoms with E-state index in [0.717, 1.165) is 5.56 Å². The van der Waals surface area contributed by atoms with Gasteiger partial charge in [0.2, 0.25) is 15.9 Å². The van der Waals surface area contributed by atoms with Crippen LogP contribution in [0.15, 0.2) is 54.6 Å². The van der Waals surface area contributed by atoms with E-state index in [1.165, 1.54) is 0 Å². The van der Waals surface area contributed by atoms with Crippen LogP contribution in [0.2, 0.25) is 0 Å². The molecule has 0 heterocycles. The van der Waals surface area contributed by atoms with E-state index in [1.807, 2.05) is 36.4 Å². The van der Waals surface area contributed by atoms with Crippen LogP contribution >= 0.6 is 0 Å². The van der Waals surface area contributed by atoms with Gasteiger partial charge in [0.05, 0.1) is 23.9 Å². The predicted octanol–water partition coefficient (Wildman–Crippen LogP) is 2.05. The number of aryl methyl sites for hydroxylation is 1. The Kier molecular flexibility index (Phi) is 6.69. The van der Waals surface area contributed by atoms with Crippen molar-refractivity contribution in [2.75, 3.05) is 17.6 Å². The lowest BCUT2D eigenvalue weighted by molar-refractivity contribution is -0.115. The van der Waals surface area contributed by atoms with Crippen LogP contribution in [0.4, 0.5) is 5.69 Å². The molecule has 0 unspecified atom stereocenters. The Morgan fingerprint density at radius 2 is 1.72 bits per heavy atom. The maximum Gasteiger partial charge on any atom is 0.239 e. The Bertz CT molecular complexity index is 841. The van der Waals surface area contributed by atoms with Crippen LogP contribution in [0.5, 0.6) is 0 Å². The lowest BCUT2D eigenvalue weighted by Crippen LogP contribution is -2.34. The van der Waals surface area contributed by atoms with E-state index < -0.39 is 15.9 Å². The number of amides is 1. The molecule has 7 heteroatoms. The summed E-state index contributed by atoms with van der Waals surface area (Å²) in [6.45, 7) is -0.326. The molecule has 0 radical (unpaired) electrons. The third kappa shape index (κ3) is 6.75. The zero-order chi connectivity index (χ0) is 18.1. The average Bonchev–Trinajstić information content (AvgIpc) is 2.62. The minimum atomic E-state index is -3.50. The van der Waals surface area contributed by atoms with Crippen molar-refractivity contribution >= 4 is 21.6 Å². The molecule has 2 aromatic rings. The SMILES string of the molecule is N#Cc1ccc(NC(=O)CNS(=O)(=O)CCCc2ccccc2)cc1. The molecule has 25 heavy (non-hydrogen) atoms. The van der Waals surface area contributed by atoms with E-state index in [2.05, 4.69) is 10.0 Å². The summed E-state index contributed by atoms with van der Waals surface area (Å²) in [5, 5.41) is 11.3. The van der Waals surface area contributed by atoms with E-state index in [1.54, 1.807) is 24.3 Å². The summed E-state index contributed by atoms with van der Waals surface area (Å²) in [4.78, 5) is 11.8. The minimum Gasteiger partial charge on any atom is -0.325 e. The minimum absolute atomic E-state index is 0.0357. The Labute approximate surface area is 147 Å². The highest BCUT2D eigenvalue weighted by Gasteiger charge is 2.12. The van der Waals surface area contributed by atoms with Crippen LogP contribution in [0.25, 0.3) is 0 Å². The fourth-order valence-corrected chi connectivity index (χ4v) is 3.21. The molecule has 2 rings (SSSR count). The second-order valence-electron chi connectivity index (χ2n) is 5.47. The summed E-state index contributed by atoms with van der Waals surface area (Å²) in [5.74, 6) is -0.497. The first kappa shape index (κ1) is 18.6. The maximum absolute atomic E-state index is 11.9. The summed E-state index contributed by atoms with van der Waals surface area (Å²) < 4.78 is 26.2. The smallest absolute Gasteiger partial charge is 0.239 e. The zero-order valence-electron chi connectivity index (χ0n) is 13.6. The first-order chi connectivity index (χ1) is 12.0. The summed E-state index contributed by atoms with van der Waals surface area (Å²) in [5.41, 5.74) is 2.07. The molecule has 2 aromatic carbocycles. The molecule has 0 atom stereocenters. The predicted molar refractivity (Wildman–Crippen MR) is 96.3 cm³/mol. The third-order valence-corrected chi connectivity index (χ3v) is 4.88. The molecule has 2 N–H and O–H groups in total. The lowest BCUT2D eigenvalue weighted by Gasteiger charge is -2.08. The van der Waals surface area contributed by atoms with E-state index in [0.29, 0.717) is 24.1 Å². The van der Waals surface area contributed by atoms with E-state index in [9.17, 15) is 13.2 Å². The van der Waals surface area contributed by atoms with Crippen molar-refractivity contribution in [3.63, 3.8) is 0 Å². The van der Waals surface area contributed by atoms with Gasteiger partial charge in [0.15, 0.2) is 0 Å². The van der Waals surface area contributed by atoms with Crippen molar-refractivity contribution in [1.82, 2.24) is 4.72 Å². The topological polar surface area (TPSA) is 99.1 Å². The number of sulfonamides is 1. The van der Waals surface area contributed by atoms with Gasteiger partial charge >= 0.3 is 0 Å². The van der Waals surface area contributed by atoms with Gasteiger partial charge in [-0.15, -0.1) is 0 Å². The molecular weight excluding hydrogens is 338 g/mol. The number of nitriles is 1. The van der Waals surface area contributed by atoms with Crippen LogP contribution in [-0.2, 0) is 21.2 Å². The number of benzene rings is 2. The number of nitrogens with zero attached hydrogens (tertiary/aromatic N) is 1. The maximum atomic E-state index is 11.9. The highest BCUT2D eigenvalue weighted by molar-refractivity contribution is 7.89. The highest BCUT2D eigenvalue weighted by atomic mass is 32.2. The Morgan fingerprint density at radius 3 is 2.36 bits per heavy atom. The van der Waals surface area contributed by atoms with Crippen molar-refractivity contribution in [3.05, 3.63) is 65.7 Å². The first-order valence-electron chi connectivity index (χ1n) is 7.80. The van der Waals surface area contributed by atoms with Gasteiger partial charge in [0, 0.05) is 5.69 Å². The zero-order valence-corrected chi connectivity index (χ0v) is 14.4. The quantitative estimate of drug-likeness (QED) is 0.755. The monoisotopic (exact) mass is 357 g/mol. The second-order valence-corrected chi connectivity index (χ2v) is 7.39. The van der Waals surface area contributed by atoms with Crippen LogP contribution in [0.3, 0.4) is 0 Å². The standard InChI is InChI=1S/C18H19N3O3S/c19-13-16-8-10-17(11-9-16)21-18(22)14-20-25(23,24)12-4-7-15-5-2-1-3-6-15/h1-3,5-6,8-11,20H,4,7,12,14H2,(H,21,22). The van der Waals surface area contributed by atoms with E-state index in [4.69, 9.17) is 5.26 Å². The van der Waals surface area contributed by atoms with Crippen molar-refractivity contribution in [3.8, 4) is 6.07 Å². The molecule has 0 bridgehead atoms. The summed E-state index contributed by atoms with van der Waals surface area (Å²) in [6, 6.07) is 17.9. The molecule has 0 aliphatic heterocycles. The molecule has 0 fully saturated rings. The normalized spacial score (nSPS) is 10.8. The van der Waals surface area contributed by atoms with Gasteiger partial charge in [0.25, 0.3) is 0 Å². The number of hydrogen-bond acceptors (Lipinski definition) is 4. The summed E-state index contributed by atoms with van der Waals surface area (Å²) in [7, 11) is -3.50. The fourth-order valence-electron chi connectivity index (χ4n) is 2.19. The number of carbonyl (C=O) groups excluding carboxylic acids is 1. The molecule has 0 spiro atoms.